The van der Waals surface area contributed by atoms with Crippen LogP contribution in [-0.4, -0.2) is 14.5 Å². The predicted molar refractivity (Wildman–Crippen MR) is 128 cm³/mol. The molecule has 160 valence electrons. The van der Waals surface area contributed by atoms with Crippen LogP contribution in [0.1, 0.15) is 107 Å². The van der Waals surface area contributed by atoms with Crippen LogP contribution in [0.4, 0.5) is 0 Å². The molecule has 0 aliphatic heterocycles. The van der Waals surface area contributed by atoms with Crippen LogP contribution in [-0.2, 0) is 16.2 Å². The summed E-state index contributed by atoms with van der Waals surface area (Å²) in [6, 6.07) is 4.86. The molecule has 0 heterocycles. The third-order valence-electron chi connectivity index (χ3n) is 5.32. The molecule has 0 radical (unpaired) electrons. The molecular weight excluding hydrogens is 355 g/mol. The van der Waals surface area contributed by atoms with E-state index in [0.717, 1.165) is 0 Å². The van der Waals surface area contributed by atoms with Gasteiger partial charge in [-0.25, -0.2) is 0 Å². The average molecular weight is 403 g/mol. The SMILES string of the molecule is CC(C)[CH2][Al]([CH2]C(C)C)[O]c1c(C(C)(C)C)cc(C(C)(C)C)cc1C(C)(C)C. The molecule has 1 rings (SSSR count). The van der Waals surface area contributed by atoms with Crippen molar-refractivity contribution in [1.82, 2.24) is 0 Å². The van der Waals surface area contributed by atoms with Gasteiger partial charge in [0.25, 0.3) is 0 Å². The minimum atomic E-state index is -1.33. The lowest BCUT2D eigenvalue weighted by molar-refractivity contribution is 0.464. The van der Waals surface area contributed by atoms with Crippen LogP contribution in [0.3, 0.4) is 0 Å². The predicted octanol–water partition coefficient (Wildman–Crippen LogP) is 8.26. The van der Waals surface area contributed by atoms with Crippen LogP contribution >= 0.6 is 0 Å². The van der Waals surface area contributed by atoms with Crippen molar-refractivity contribution in [3.63, 3.8) is 0 Å². The fourth-order valence-corrected chi connectivity index (χ4v) is 6.79. The van der Waals surface area contributed by atoms with E-state index in [1.165, 1.54) is 33.0 Å². The van der Waals surface area contributed by atoms with Gasteiger partial charge in [-0.05, 0) is 32.9 Å². The molecule has 0 unspecified atom stereocenters. The van der Waals surface area contributed by atoms with Crippen molar-refractivity contribution in [2.24, 2.45) is 11.8 Å². The highest BCUT2D eigenvalue weighted by Gasteiger charge is 2.33. The largest absolute Gasteiger partial charge is 0.642 e. The van der Waals surface area contributed by atoms with E-state index >= 15 is 0 Å². The van der Waals surface area contributed by atoms with Gasteiger partial charge < -0.3 is 3.79 Å². The molecule has 0 saturated carbocycles. The molecule has 2 heteroatoms. The maximum atomic E-state index is 7.06. The minimum absolute atomic E-state index is 0.0607. The topological polar surface area (TPSA) is 9.23 Å². The third-order valence-corrected chi connectivity index (χ3v) is 8.83. The molecule has 0 aliphatic carbocycles. The molecule has 0 aromatic heterocycles. The zero-order valence-corrected chi connectivity index (χ0v) is 22.4. The fourth-order valence-electron chi connectivity index (χ4n) is 3.71. The average Bonchev–Trinajstić information content (AvgIpc) is 2.41. The summed E-state index contributed by atoms with van der Waals surface area (Å²) in [6.45, 7) is 30.3. The van der Waals surface area contributed by atoms with Gasteiger partial charge >= 0.3 is 14.5 Å². The Morgan fingerprint density at radius 1 is 0.679 bits per heavy atom. The lowest BCUT2D eigenvalue weighted by Gasteiger charge is -2.35. The summed E-state index contributed by atoms with van der Waals surface area (Å²) >= 11 is -1.33. The summed E-state index contributed by atoms with van der Waals surface area (Å²) < 4.78 is 7.06. The fraction of sp³-hybridized carbons (Fsp3) is 0.769. The molecule has 1 aromatic carbocycles. The second kappa shape index (κ2) is 9.14. The third kappa shape index (κ3) is 7.42. The second-order valence-electron chi connectivity index (χ2n) is 12.6. The van der Waals surface area contributed by atoms with Crippen LogP contribution in [0.15, 0.2) is 12.1 Å². The molecular formula is C26H47AlO. The smallest absolute Gasteiger partial charge is 0.547 e. The molecule has 0 atom stereocenters. The molecule has 0 aliphatic rings. The Labute approximate surface area is 181 Å². The standard InChI is InChI=1S/C18H30O.2C4H9.Al/c1-16(2,3)12-10-13(17(4,5)6)15(19)14(11-12)18(7,8)9;2*1-4(2)3;/h10-11,19H,1-9H3;2*4H,1H2,2-3H3;/q;;;+1/p-1. The molecule has 1 aromatic rings. The van der Waals surface area contributed by atoms with E-state index in [1.807, 2.05) is 0 Å². The second-order valence-corrected chi connectivity index (χ2v) is 15.1. The Kier molecular flexibility index (Phi) is 8.35. The van der Waals surface area contributed by atoms with Crippen LogP contribution < -0.4 is 3.79 Å². The van der Waals surface area contributed by atoms with E-state index < -0.39 is 14.5 Å². The van der Waals surface area contributed by atoms with Gasteiger partial charge in [0.15, 0.2) is 0 Å². The first-order valence-electron chi connectivity index (χ1n) is 11.3. The monoisotopic (exact) mass is 402 g/mol. The van der Waals surface area contributed by atoms with E-state index in [4.69, 9.17) is 3.79 Å². The van der Waals surface area contributed by atoms with Gasteiger partial charge in [-0.1, -0.05) is 125 Å². The first-order valence-corrected chi connectivity index (χ1v) is 13.4. The van der Waals surface area contributed by atoms with Crippen LogP contribution in [0.5, 0.6) is 5.75 Å². The highest BCUT2D eigenvalue weighted by Crippen LogP contribution is 2.43. The Morgan fingerprint density at radius 2 is 1.04 bits per heavy atom. The first kappa shape index (κ1) is 25.6. The summed E-state index contributed by atoms with van der Waals surface area (Å²) in [5, 5.41) is 2.48. The quantitative estimate of drug-likeness (QED) is 0.435. The lowest BCUT2D eigenvalue weighted by atomic mass is 9.75. The molecule has 0 spiro atoms. The van der Waals surface area contributed by atoms with Crippen molar-refractivity contribution < 1.29 is 3.79 Å². The lowest BCUT2D eigenvalue weighted by Crippen LogP contribution is -2.30. The number of benzene rings is 1. The van der Waals surface area contributed by atoms with Gasteiger partial charge in [0.05, 0.1) is 5.75 Å². The van der Waals surface area contributed by atoms with E-state index in [-0.39, 0.29) is 16.2 Å². The van der Waals surface area contributed by atoms with Crippen LogP contribution in [0.2, 0.25) is 10.6 Å². The van der Waals surface area contributed by atoms with E-state index in [2.05, 4.69) is 102 Å². The van der Waals surface area contributed by atoms with Crippen molar-refractivity contribution in [1.29, 1.82) is 0 Å². The zero-order valence-electron chi connectivity index (χ0n) is 21.2. The van der Waals surface area contributed by atoms with Crippen molar-refractivity contribution in [2.75, 3.05) is 0 Å². The molecule has 0 fully saturated rings. The molecule has 28 heavy (non-hydrogen) atoms. The Morgan fingerprint density at radius 3 is 1.29 bits per heavy atom. The maximum absolute atomic E-state index is 7.06. The number of hydrogen-bond acceptors (Lipinski definition) is 1. The molecule has 0 N–H and O–H groups in total. The molecule has 1 nitrogen and oxygen atoms in total. The van der Waals surface area contributed by atoms with Crippen LogP contribution in [0.25, 0.3) is 0 Å². The van der Waals surface area contributed by atoms with E-state index in [1.54, 1.807) is 0 Å². The first-order chi connectivity index (χ1) is 12.4. The molecule has 0 saturated heterocycles. The Hall–Kier alpha value is -0.448. The van der Waals surface area contributed by atoms with Gasteiger partial charge in [0, 0.05) is 0 Å². The summed E-state index contributed by atoms with van der Waals surface area (Å²) in [7, 11) is 0. The van der Waals surface area contributed by atoms with Crippen molar-refractivity contribution in [3.05, 3.63) is 28.8 Å². The van der Waals surface area contributed by atoms with Gasteiger partial charge in [-0.15, -0.1) is 0 Å². The highest BCUT2D eigenvalue weighted by molar-refractivity contribution is 6.52. The summed E-state index contributed by atoms with van der Waals surface area (Å²) in [6.07, 6.45) is 0. The van der Waals surface area contributed by atoms with Crippen LogP contribution in [0, 0.1) is 11.8 Å². The van der Waals surface area contributed by atoms with Gasteiger partial charge in [-0.2, -0.15) is 0 Å². The van der Waals surface area contributed by atoms with Gasteiger partial charge in [0.2, 0.25) is 0 Å². The van der Waals surface area contributed by atoms with Crippen molar-refractivity contribution >= 4 is 14.5 Å². The van der Waals surface area contributed by atoms with Gasteiger partial charge in [-0.3, -0.25) is 0 Å². The molecule has 0 bridgehead atoms. The summed E-state index contributed by atoms with van der Waals surface area (Å²) in [5.41, 5.74) is 4.44. The normalized spacial score (nSPS) is 13.4. The van der Waals surface area contributed by atoms with E-state index in [9.17, 15) is 0 Å². The number of hydrogen-bond donors (Lipinski definition) is 0. The molecule has 0 amide bonds. The van der Waals surface area contributed by atoms with Crippen molar-refractivity contribution in [3.8, 4) is 5.75 Å². The Bertz CT molecular complexity index is 591. The summed E-state index contributed by atoms with van der Waals surface area (Å²) in [5.74, 6) is 2.59. The minimum Gasteiger partial charge on any atom is -0.642 e. The number of rotatable bonds is 6. The van der Waals surface area contributed by atoms with E-state index in [0.29, 0.717) is 11.8 Å². The highest BCUT2D eigenvalue weighted by atomic mass is 27.2. The summed E-state index contributed by atoms with van der Waals surface area (Å²) in [4.78, 5) is 0. The maximum Gasteiger partial charge on any atom is 0.547 e. The van der Waals surface area contributed by atoms with Crippen molar-refractivity contribution in [2.45, 2.75) is 117 Å². The zero-order chi connectivity index (χ0) is 22.1. The van der Waals surface area contributed by atoms with Gasteiger partial charge in [0.1, 0.15) is 0 Å². The Balaban J connectivity index is 3.69.